The molecular formula is C21H35NO2. The summed E-state index contributed by atoms with van der Waals surface area (Å²) in [5.41, 5.74) is 1.26. The maximum absolute atomic E-state index is 10.4. The van der Waals surface area contributed by atoms with E-state index < -0.39 is 0 Å². The third-order valence-corrected chi connectivity index (χ3v) is 5.64. The third kappa shape index (κ3) is 6.10. The predicted octanol–water partition coefficient (Wildman–Crippen LogP) is 4.37. The molecule has 1 aromatic rings. The topological polar surface area (TPSA) is 43.7 Å². The molecule has 1 aliphatic carbocycles. The van der Waals surface area contributed by atoms with Crippen LogP contribution in [0.15, 0.2) is 24.3 Å². The van der Waals surface area contributed by atoms with Gasteiger partial charge in [-0.05, 0) is 75.7 Å². The zero-order valence-corrected chi connectivity index (χ0v) is 15.5. The van der Waals surface area contributed by atoms with Gasteiger partial charge in [0.05, 0.1) is 6.10 Å². The standard InChI is InChI=1S/C21H35NO2/c1-3-22(17(2)16-18-11-13-20(23)14-12-18)15-7-10-21(24)19-8-5-4-6-9-19/h11-14,17,19,21,23-24H,3-10,15-16H2,1-2H3. The summed E-state index contributed by atoms with van der Waals surface area (Å²) in [5, 5.41) is 19.8. The van der Waals surface area contributed by atoms with Gasteiger partial charge in [0.25, 0.3) is 0 Å². The van der Waals surface area contributed by atoms with E-state index in [1.165, 1.54) is 37.7 Å². The van der Waals surface area contributed by atoms with Crippen molar-refractivity contribution in [1.29, 1.82) is 0 Å². The van der Waals surface area contributed by atoms with Crippen LogP contribution in [0.4, 0.5) is 0 Å². The summed E-state index contributed by atoms with van der Waals surface area (Å²) < 4.78 is 0. The fourth-order valence-electron chi connectivity index (χ4n) is 4.05. The lowest BCUT2D eigenvalue weighted by Crippen LogP contribution is -2.36. The number of aliphatic hydroxyl groups excluding tert-OH is 1. The Labute approximate surface area is 147 Å². The summed E-state index contributed by atoms with van der Waals surface area (Å²) in [5.74, 6) is 0.874. The van der Waals surface area contributed by atoms with E-state index in [9.17, 15) is 10.2 Å². The second-order valence-electron chi connectivity index (χ2n) is 7.46. The minimum Gasteiger partial charge on any atom is -0.508 e. The molecular weight excluding hydrogens is 298 g/mol. The Hall–Kier alpha value is -1.06. The van der Waals surface area contributed by atoms with Gasteiger partial charge >= 0.3 is 0 Å². The second kappa shape index (κ2) is 10.0. The number of rotatable bonds is 9. The number of aliphatic hydroxyl groups is 1. The van der Waals surface area contributed by atoms with E-state index in [-0.39, 0.29) is 6.10 Å². The molecule has 2 rings (SSSR count). The van der Waals surface area contributed by atoms with E-state index in [1.54, 1.807) is 12.1 Å². The van der Waals surface area contributed by atoms with Crippen LogP contribution in [0.2, 0.25) is 0 Å². The molecule has 0 saturated heterocycles. The van der Waals surface area contributed by atoms with Crippen molar-refractivity contribution in [3.05, 3.63) is 29.8 Å². The monoisotopic (exact) mass is 333 g/mol. The molecule has 2 unspecified atom stereocenters. The average molecular weight is 334 g/mol. The molecule has 1 aliphatic rings. The van der Waals surface area contributed by atoms with Gasteiger partial charge in [-0.1, -0.05) is 38.3 Å². The SMILES string of the molecule is CCN(CCCC(O)C1CCCCC1)C(C)Cc1ccc(O)cc1. The molecule has 136 valence electrons. The summed E-state index contributed by atoms with van der Waals surface area (Å²) in [6, 6.07) is 8.02. The molecule has 1 saturated carbocycles. The first-order valence-corrected chi connectivity index (χ1v) is 9.80. The lowest BCUT2D eigenvalue weighted by Gasteiger charge is -2.30. The van der Waals surface area contributed by atoms with Crippen molar-refractivity contribution in [2.75, 3.05) is 13.1 Å². The van der Waals surface area contributed by atoms with Crippen molar-refractivity contribution < 1.29 is 10.2 Å². The highest BCUT2D eigenvalue weighted by Gasteiger charge is 2.21. The number of phenols is 1. The average Bonchev–Trinajstić information content (AvgIpc) is 2.61. The first-order chi connectivity index (χ1) is 11.6. The fourth-order valence-corrected chi connectivity index (χ4v) is 4.05. The summed E-state index contributed by atoms with van der Waals surface area (Å²) in [6.07, 6.45) is 9.29. The summed E-state index contributed by atoms with van der Waals surface area (Å²) in [7, 11) is 0. The highest BCUT2D eigenvalue weighted by Crippen LogP contribution is 2.28. The minimum absolute atomic E-state index is 0.101. The van der Waals surface area contributed by atoms with Crippen LogP contribution in [0.5, 0.6) is 5.75 Å². The lowest BCUT2D eigenvalue weighted by atomic mass is 9.84. The maximum atomic E-state index is 10.4. The Balaban J connectivity index is 1.73. The molecule has 1 aromatic carbocycles. The van der Waals surface area contributed by atoms with Crippen molar-refractivity contribution in [3.8, 4) is 5.75 Å². The van der Waals surface area contributed by atoms with Crippen LogP contribution in [0.3, 0.4) is 0 Å². The van der Waals surface area contributed by atoms with Crippen molar-refractivity contribution in [2.45, 2.75) is 77.4 Å². The highest BCUT2D eigenvalue weighted by atomic mass is 16.3. The number of phenolic OH excluding ortho intramolecular Hbond substituents is 1. The molecule has 2 N–H and O–H groups in total. The smallest absolute Gasteiger partial charge is 0.115 e. The van der Waals surface area contributed by atoms with Crippen LogP contribution in [0, 0.1) is 5.92 Å². The zero-order chi connectivity index (χ0) is 17.4. The van der Waals surface area contributed by atoms with E-state index >= 15 is 0 Å². The van der Waals surface area contributed by atoms with Crippen molar-refractivity contribution in [1.82, 2.24) is 4.90 Å². The van der Waals surface area contributed by atoms with Crippen molar-refractivity contribution >= 4 is 0 Å². The third-order valence-electron chi connectivity index (χ3n) is 5.64. The van der Waals surface area contributed by atoms with E-state index in [0.29, 0.717) is 17.7 Å². The zero-order valence-electron chi connectivity index (χ0n) is 15.5. The Kier molecular flexibility index (Phi) is 8.07. The largest absolute Gasteiger partial charge is 0.508 e. The molecule has 24 heavy (non-hydrogen) atoms. The maximum Gasteiger partial charge on any atom is 0.115 e. The first kappa shape index (κ1) is 19.3. The van der Waals surface area contributed by atoms with Crippen molar-refractivity contribution in [2.24, 2.45) is 5.92 Å². The summed E-state index contributed by atoms with van der Waals surface area (Å²) in [4.78, 5) is 2.50. The van der Waals surface area contributed by atoms with Crippen LogP contribution in [0.25, 0.3) is 0 Å². The van der Waals surface area contributed by atoms with E-state index in [1.807, 2.05) is 12.1 Å². The van der Waals surface area contributed by atoms with Crippen LogP contribution >= 0.6 is 0 Å². The van der Waals surface area contributed by atoms with Crippen LogP contribution in [0.1, 0.15) is 64.4 Å². The van der Waals surface area contributed by atoms with Gasteiger partial charge in [-0.25, -0.2) is 0 Å². The van der Waals surface area contributed by atoms with Gasteiger partial charge in [0, 0.05) is 6.04 Å². The molecule has 0 aromatic heterocycles. The number of likely N-dealkylation sites (N-methyl/N-ethyl adjacent to an activating group) is 1. The van der Waals surface area contributed by atoms with Gasteiger partial charge in [0.15, 0.2) is 0 Å². The number of nitrogens with zero attached hydrogens (tertiary/aromatic N) is 1. The molecule has 2 atom stereocenters. The van der Waals surface area contributed by atoms with Crippen molar-refractivity contribution in [3.63, 3.8) is 0 Å². The lowest BCUT2D eigenvalue weighted by molar-refractivity contribution is 0.0707. The number of hydrogen-bond acceptors (Lipinski definition) is 3. The highest BCUT2D eigenvalue weighted by molar-refractivity contribution is 5.26. The molecule has 0 heterocycles. The summed E-state index contributed by atoms with van der Waals surface area (Å²) >= 11 is 0. The number of benzene rings is 1. The quantitative estimate of drug-likeness (QED) is 0.705. The molecule has 0 radical (unpaired) electrons. The molecule has 0 amide bonds. The molecule has 3 heteroatoms. The van der Waals surface area contributed by atoms with Gasteiger partial charge in [-0.3, -0.25) is 0 Å². The predicted molar refractivity (Wildman–Crippen MR) is 100 cm³/mol. The Morgan fingerprint density at radius 2 is 1.79 bits per heavy atom. The second-order valence-corrected chi connectivity index (χ2v) is 7.46. The van der Waals surface area contributed by atoms with E-state index in [2.05, 4.69) is 18.7 Å². The number of hydrogen-bond donors (Lipinski definition) is 2. The van der Waals surface area contributed by atoms with Gasteiger partial charge in [0.1, 0.15) is 5.75 Å². The van der Waals surface area contributed by atoms with Crippen LogP contribution in [-0.2, 0) is 6.42 Å². The first-order valence-electron chi connectivity index (χ1n) is 9.80. The number of aromatic hydroxyl groups is 1. The van der Waals surface area contributed by atoms with Crippen LogP contribution in [-0.4, -0.2) is 40.3 Å². The van der Waals surface area contributed by atoms with Gasteiger partial charge in [-0.15, -0.1) is 0 Å². The van der Waals surface area contributed by atoms with Gasteiger partial charge in [0.2, 0.25) is 0 Å². The molecule has 1 fully saturated rings. The summed E-state index contributed by atoms with van der Waals surface area (Å²) in [6.45, 7) is 6.58. The van der Waals surface area contributed by atoms with E-state index in [0.717, 1.165) is 32.4 Å². The molecule has 0 bridgehead atoms. The van der Waals surface area contributed by atoms with E-state index in [4.69, 9.17) is 0 Å². The normalized spacial score (nSPS) is 18.7. The molecule has 0 spiro atoms. The Bertz CT molecular complexity index is 453. The van der Waals surface area contributed by atoms with Gasteiger partial charge < -0.3 is 15.1 Å². The Morgan fingerprint density at radius 1 is 1.12 bits per heavy atom. The van der Waals surface area contributed by atoms with Gasteiger partial charge in [-0.2, -0.15) is 0 Å². The fraction of sp³-hybridized carbons (Fsp3) is 0.714. The van der Waals surface area contributed by atoms with Crippen LogP contribution < -0.4 is 0 Å². The molecule has 3 nitrogen and oxygen atoms in total. The minimum atomic E-state index is -0.101. The Morgan fingerprint density at radius 3 is 2.42 bits per heavy atom. The molecule has 0 aliphatic heterocycles.